The smallest absolute Gasteiger partial charge is 0.213 e. The average Bonchev–Trinajstić information content (AvgIpc) is 2.29. The van der Waals surface area contributed by atoms with Crippen molar-refractivity contribution >= 4 is 0 Å². The minimum atomic E-state index is 0.0237. The molecule has 15 heavy (non-hydrogen) atoms. The van der Waals surface area contributed by atoms with Gasteiger partial charge in [0, 0.05) is 19.2 Å². The van der Waals surface area contributed by atoms with Crippen molar-refractivity contribution in [3.63, 3.8) is 0 Å². The predicted molar refractivity (Wildman–Crippen MR) is 57.3 cm³/mol. The van der Waals surface area contributed by atoms with Gasteiger partial charge in [-0.1, -0.05) is 6.07 Å². The molecule has 1 N–H and O–H groups in total. The summed E-state index contributed by atoms with van der Waals surface area (Å²) in [6, 6.07) is 7.80. The summed E-state index contributed by atoms with van der Waals surface area (Å²) in [4.78, 5) is 4.25. The summed E-state index contributed by atoms with van der Waals surface area (Å²) in [5.41, 5.74) is 0.916. The second-order valence-electron chi connectivity index (χ2n) is 3.33. The number of pyridine rings is 1. The molecule has 0 bridgehead atoms. The Morgan fingerprint density at radius 2 is 2.40 bits per heavy atom. The van der Waals surface area contributed by atoms with Crippen molar-refractivity contribution in [2.45, 2.75) is 13.5 Å². The number of nitrogens with one attached hydrogen (secondary N) is 1. The summed E-state index contributed by atoms with van der Waals surface area (Å²) in [5, 5.41) is 11.8. The molecule has 4 heteroatoms. The molecule has 0 saturated carbocycles. The Morgan fingerprint density at radius 1 is 1.60 bits per heavy atom. The van der Waals surface area contributed by atoms with Gasteiger partial charge in [0.2, 0.25) is 5.88 Å². The molecule has 0 aliphatic rings. The van der Waals surface area contributed by atoms with Gasteiger partial charge >= 0.3 is 0 Å². The largest absolute Gasteiger partial charge is 0.481 e. The average molecular weight is 205 g/mol. The maximum Gasteiger partial charge on any atom is 0.213 e. The standard InChI is InChI=1S/C11H15N3O/c1-9(6-12)7-13-8-10-4-3-5-11(14-10)15-2/h3-5,9,13H,7-8H2,1-2H3. The van der Waals surface area contributed by atoms with Crippen molar-refractivity contribution in [1.82, 2.24) is 10.3 Å². The first-order chi connectivity index (χ1) is 7.26. The van der Waals surface area contributed by atoms with Gasteiger partial charge in [-0.3, -0.25) is 0 Å². The number of nitriles is 1. The number of ether oxygens (including phenoxy) is 1. The van der Waals surface area contributed by atoms with Crippen molar-refractivity contribution in [2.75, 3.05) is 13.7 Å². The van der Waals surface area contributed by atoms with Crippen molar-refractivity contribution < 1.29 is 4.74 Å². The third-order valence-electron chi connectivity index (χ3n) is 1.97. The van der Waals surface area contributed by atoms with Gasteiger partial charge < -0.3 is 10.1 Å². The topological polar surface area (TPSA) is 57.9 Å². The molecule has 0 radical (unpaired) electrons. The fraction of sp³-hybridized carbons (Fsp3) is 0.455. The Labute approximate surface area is 89.9 Å². The van der Waals surface area contributed by atoms with E-state index in [-0.39, 0.29) is 5.92 Å². The van der Waals surface area contributed by atoms with Crippen molar-refractivity contribution in [3.8, 4) is 11.9 Å². The molecule has 80 valence electrons. The second-order valence-corrected chi connectivity index (χ2v) is 3.33. The first kappa shape index (κ1) is 11.5. The lowest BCUT2D eigenvalue weighted by Gasteiger charge is -2.06. The Hall–Kier alpha value is -1.60. The van der Waals surface area contributed by atoms with E-state index in [0.29, 0.717) is 19.0 Å². The van der Waals surface area contributed by atoms with Crippen LogP contribution in [0.3, 0.4) is 0 Å². The molecule has 0 spiro atoms. The van der Waals surface area contributed by atoms with E-state index >= 15 is 0 Å². The van der Waals surface area contributed by atoms with Crippen molar-refractivity contribution in [1.29, 1.82) is 5.26 Å². The van der Waals surface area contributed by atoms with E-state index in [1.165, 1.54) is 0 Å². The zero-order chi connectivity index (χ0) is 11.1. The summed E-state index contributed by atoms with van der Waals surface area (Å²) >= 11 is 0. The van der Waals surface area contributed by atoms with Gasteiger partial charge in [-0.15, -0.1) is 0 Å². The van der Waals surface area contributed by atoms with Crippen LogP contribution in [0.2, 0.25) is 0 Å². The Bertz CT molecular complexity index is 346. The Balaban J connectivity index is 2.41. The van der Waals surface area contributed by atoms with Gasteiger partial charge in [0.1, 0.15) is 0 Å². The van der Waals surface area contributed by atoms with Crippen LogP contribution in [0.15, 0.2) is 18.2 Å². The van der Waals surface area contributed by atoms with Crippen LogP contribution in [0.5, 0.6) is 5.88 Å². The SMILES string of the molecule is COc1cccc(CNCC(C)C#N)n1. The van der Waals surface area contributed by atoms with Gasteiger partial charge in [0.25, 0.3) is 0 Å². The van der Waals surface area contributed by atoms with Crippen LogP contribution in [0.25, 0.3) is 0 Å². The number of hydrogen-bond donors (Lipinski definition) is 1. The summed E-state index contributed by atoms with van der Waals surface area (Å²) < 4.78 is 5.01. The molecule has 1 aromatic rings. The third kappa shape index (κ3) is 3.96. The molecule has 1 atom stereocenters. The van der Waals surface area contributed by atoms with E-state index in [1.54, 1.807) is 13.2 Å². The highest BCUT2D eigenvalue weighted by Crippen LogP contribution is 2.06. The van der Waals surface area contributed by atoms with Crippen molar-refractivity contribution in [2.24, 2.45) is 5.92 Å². The maximum absolute atomic E-state index is 8.59. The molecule has 4 nitrogen and oxygen atoms in total. The molecule has 0 fully saturated rings. The highest BCUT2D eigenvalue weighted by molar-refractivity contribution is 5.15. The number of hydrogen-bond acceptors (Lipinski definition) is 4. The quantitative estimate of drug-likeness (QED) is 0.788. The molecular formula is C11H15N3O. The van der Waals surface area contributed by atoms with E-state index in [1.807, 2.05) is 19.1 Å². The summed E-state index contributed by atoms with van der Waals surface area (Å²) in [6.07, 6.45) is 0. The number of rotatable bonds is 5. The minimum absolute atomic E-state index is 0.0237. The summed E-state index contributed by atoms with van der Waals surface area (Å²) in [5.74, 6) is 0.637. The molecule has 1 unspecified atom stereocenters. The van der Waals surface area contributed by atoms with E-state index in [9.17, 15) is 0 Å². The van der Waals surface area contributed by atoms with E-state index in [0.717, 1.165) is 5.69 Å². The summed E-state index contributed by atoms with van der Waals surface area (Å²) in [7, 11) is 1.59. The van der Waals surface area contributed by atoms with Crippen molar-refractivity contribution in [3.05, 3.63) is 23.9 Å². The molecule has 0 aliphatic carbocycles. The number of methoxy groups -OCH3 is 1. The molecule has 0 aromatic carbocycles. The van der Waals surface area contributed by atoms with Gasteiger partial charge in [-0.25, -0.2) is 4.98 Å². The predicted octanol–water partition coefficient (Wildman–Crippen LogP) is 1.34. The molecule has 1 rings (SSSR count). The first-order valence-corrected chi connectivity index (χ1v) is 4.86. The molecule has 0 saturated heterocycles. The molecule has 1 heterocycles. The number of aromatic nitrogens is 1. The lowest BCUT2D eigenvalue weighted by Crippen LogP contribution is -2.20. The van der Waals surface area contributed by atoms with Crippen LogP contribution in [-0.2, 0) is 6.54 Å². The van der Waals surface area contributed by atoms with Gasteiger partial charge in [-0.2, -0.15) is 5.26 Å². The fourth-order valence-corrected chi connectivity index (χ4v) is 1.13. The van der Waals surface area contributed by atoms with Crippen LogP contribution >= 0.6 is 0 Å². The van der Waals surface area contributed by atoms with Gasteiger partial charge in [-0.05, 0) is 13.0 Å². The maximum atomic E-state index is 8.59. The van der Waals surface area contributed by atoms with Gasteiger partial charge in [0.15, 0.2) is 0 Å². The lowest BCUT2D eigenvalue weighted by molar-refractivity contribution is 0.395. The van der Waals surface area contributed by atoms with Crippen LogP contribution in [0.4, 0.5) is 0 Å². The van der Waals surface area contributed by atoms with Gasteiger partial charge in [0.05, 0.1) is 24.8 Å². The summed E-state index contributed by atoms with van der Waals surface area (Å²) in [6.45, 7) is 3.21. The van der Waals surface area contributed by atoms with E-state index in [2.05, 4.69) is 16.4 Å². The first-order valence-electron chi connectivity index (χ1n) is 4.86. The fourth-order valence-electron chi connectivity index (χ4n) is 1.13. The molecular weight excluding hydrogens is 190 g/mol. The highest BCUT2D eigenvalue weighted by Gasteiger charge is 2.00. The Morgan fingerprint density at radius 3 is 3.07 bits per heavy atom. The minimum Gasteiger partial charge on any atom is -0.481 e. The van der Waals surface area contributed by atoms with E-state index in [4.69, 9.17) is 10.00 Å². The lowest BCUT2D eigenvalue weighted by atomic mass is 10.2. The Kier molecular flexibility index (Phi) is 4.58. The zero-order valence-electron chi connectivity index (χ0n) is 9.03. The van der Waals surface area contributed by atoms with Crippen LogP contribution < -0.4 is 10.1 Å². The monoisotopic (exact) mass is 205 g/mol. The van der Waals surface area contributed by atoms with Crippen LogP contribution in [-0.4, -0.2) is 18.6 Å². The van der Waals surface area contributed by atoms with E-state index < -0.39 is 0 Å². The number of nitrogens with zero attached hydrogens (tertiary/aromatic N) is 2. The van der Waals surface area contributed by atoms with Crippen LogP contribution in [0, 0.1) is 17.2 Å². The molecule has 0 aliphatic heterocycles. The highest BCUT2D eigenvalue weighted by atomic mass is 16.5. The third-order valence-corrected chi connectivity index (χ3v) is 1.97. The second kappa shape index (κ2) is 5.99. The molecule has 1 aromatic heterocycles. The zero-order valence-corrected chi connectivity index (χ0v) is 9.03. The van der Waals surface area contributed by atoms with Crippen LogP contribution in [0.1, 0.15) is 12.6 Å². The normalized spacial score (nSPS) is 11.8. The molecule has 0 amide bonds.